The van der Waals surface area contributed by atoms with Gasteiger partial charge in [-0.2, -0.15) is 13.5 Å². The van der Waals surface area contributed by atoms with E-state index in [2.05, 4.69) is 18.9 Å². The third kappa shape index (κ3) is 4.10. The number of aryl methyl sites for hydroxylation is 3. The van der Waals surface area contributed by atoms with Gasteiger partial charge in [0.15, 0.2) is 5.78 Å². The van der Waals surface area contributed by atoms with Gasteiger partial charge in [0.2, 0.25) is 5.88 Å². The molecular weight excluding hydrogens is 436 g/mol. The van der Waals surface area contributed by atoms with Crippen molar-refractivity contribution in [2.45, 2.75) is 64.2 Å². The highest BCUT2D eigenvalue weighted by Crippen LogP contribution is 2.42. The molecule has 0 amide bonds. The first-order valence-electron chi connectivity index (χ1n) is 11.1. The van der Waals surface area contributed by atoms with Crippen LogP contribution in [-0.4, -0.2) is 24.0 Å². The Morgan fingerprint density at radius 1 is 1.09 bits per heavy atom. The highest BCUT2D eigenvalue weighted by atomic mass is 32.2. The maximum absolute atomic E-state index is 13.7. The van der Waals surface area contributed by atoms with Gasteiger partial charge in [-0.05, 0) is 85.9 Å². The zero-order chi connectivity index (χ0) is 24.1. The molecule has 4 rings (SSSR count). The molecule has 0 N–H and O–H groups in total. The van der Waals surface area contributed by atoms with Crippen molar-refractivity contribution in [3.05, 3.63) is 75.5 Å². The van der Waals surface area contributed by atoms with Gasteiger partial charge in [0, 0.05) is 12.6 Å². The molecule has 6 nitrogen and oxygen atoms in total. The van der Waals surface area contributed by atoms with Crippen LogP contribution in [0.3, 0.4) is 0 Å². The minimum atomic E-state index is -4.12. The first-order chi connectivity index (χ1) is 15.4. The highest BCUT2D eigenvalue weighted by molar-refractivity contribution is 7.87. The Morgan fingerprint density at radius 2 is 1.76 bits per heavy atom. The Labute approximate surface area is 195 Å². The van der Waals surface area contributed by atoms with Crippen LogP contribution in [0, 0.1) is 20.8 Å². The topological polar surface area (TPSA) is 78.3 Å². The maximum Gasteiger partial charge on any atom is 0.340 e. The number of benzene rings is 2. The van der Waals surface area contributed by atoms with Gasteiger partial charge < -0.3 is 4.18 Å². The lowest BCUT2D eigenvalue weighted by Crippen LogP contribution is -2.27. The molecule has 0 saturated carbocycles. The van der Waals surface area contributed by atoms with E-state index >= 15 is 0 Å². The van der Waals surface area contributed by atoms with Crippen LogP contribution in [0.25, 0.3) is 0 Å². The van der Waals surface area contributed by atoms with Crippen molar-refractivity contribution in [3.8, 4) is 5.88 Å². The summed E-state index contributed by atoms with van der Waals surface area (Å²) >= 11 is 0. The van der Waals surface area contributed by atoms with Crippen LogP contribution in [-0.2, 0) is 29.0 Å². The third-order valence-corrected chi connectivity index (χ3v) is 7.92. The molecule has 0 radical (unpaired) electrons. The zero-order valence-electron chi connectivity index (χ0n) is 20.0. The minimum absolute atomic E-state index is 0.0234. The fraction of sp³-hybridized carbons (Fsp3) is 0.385. The van der Waals surface area contributed by atoms with Gasteiger partial charge in [0.25, 0.3) is 0 Å². The second kappa shape index (κ2) is 8.13. The van der Waals surface area contributed by atoms with E-state index in [1.807, 2.05) is 26.8 Å². The molecule has 0 fully saturated rings. The average molecular weight is 467 g/mol. The van der Waals surface area contributed by atoms with Gasteiger partial charge in [0.1, 0.15) is 10.5 Å². The molecule has 0 aliphatic heterocycles. The van der Waals surface area contributed by atoms with Crippen LogP contribution in [0.15, 0.2) is 41.4 Å². The third-order valence-electron chi connectivity index (χ3n) is 6.69. The van der Waals surface area contributed by atoms with Crippen LogP contribution >= 0.6 is 0 Å². The number of ketones is 1. The molecule has 1 aromatic heterocycles. The normalized spacial score (nSPS) is 15.2. The monoisotopic (exact) mass is 466 g/mol. The van der Waals surface area contributed by atoms with Crippen molar-refractivity contribution in [1.29, 1.82) is 0 Å². The van der Waals surface area contributed by atoms with Crippen molar-refractivity contribution in [3.63, 3.8) is 0 Å². The van der Waals surface area contributed by atoms with Gasteiger partial charge in [0.05, 0.1) is 6.20 Å². The second-order valence-electron chi connectivity index (χ2n) is 9.62. The summed E-state index contributed by atoms with van der Waals surface area (Å²) in [5, 5.41) is 4.13. The fourth-order valence-electron chi connectivity index (χ4n) is 4.96. The Kier molecular flexibility index (Phi) is 5.73. The van der Waals surface area contributed by atoms with Gasteiger partial charge in [-0.25, -0.2) is 4.68 Å². The Bertz CT molecular complexity index is 1350. The first kappa shape index (κ1) is 23.2. The molecule has 0 spiro atoms. The van der Waals surface area contributed by atoms with Gasteiger partial charge >= 0.3 is 10.1 Å². The molecule has 3 aromatic rings. The number of hydrogen-bond donors (Lipinski definition) is 0. The van der Waals surface area contributed by atoms with Crippen molar-refractivity contribution in [2.24, 2.45) is 7.05 Å². The second-order valence-corrected chi connectivity index (χ2v) is 11.2. The smallest absolute Gasteiger partial charge is 0.340 e. The lowest BCUT2D eigenvalue weighted by Gasteiger charge is -2.36. The molecule has 1 aliphatic rings. The summed E-state index contributed by atoms with van der Waals surface area (Å²) < 4.78 is 32.5. The lowest BCUT2D eigenvalue weighted by atomic mass is 9.68. The van der Waals surface area contributed by atoms with E-state index in [1.54, 1.807) is 19.2 Å². The van der Waals surface area contributed by atoms with E-state index < -0.39 is 10.1 Å². The molecule has 33 heavy (non-hydrogen) atoms. The van der Waals surface area contributed by atoms with Crippen LogP contribution in [0.2, 0.25) is 0 Å². The number of fused-ring (bicyclic) bond motifs is 1. The van der Waals surface area contributed by atoms with Crippen LogP contribution in [0.1, 0.15) is 70.4 Å². The Balaban J connectivity index is 1.78. The van der Waals surface area contributed by atoms with Crippen LogP contribution < -0.4 is 4.18 Å². The molecule has 7 heteroatoms. The summed E-state index contributed by atoms with van der Waals surface area (Å²) in [7, 11) is -2.56. The zero-order valence-corrected chi connectivity index (χ0v) is 20.8. The predicted octanol–water partition coefficient (Wildman–Crippen LogP) is 4.96. The molecule has 2 aromatic carbocycles. The van der Waals surface area contributed by atoms with E-state index in [4.69, 9.17) is 4.18 Å². The molecule has 1 heterocycles. The number of hydrogen-bond acceptors (Lipinski definition) is 5. The van der Waals surface area contributed by atoms with E-state index in [-0.39, 0.29) is 27.5 Å². The number of rotatable bonds is 5. The predicted molar refractivity (Wildman–Crippen MR) is 128 cm³/mol. The van der Waals surface area contributed by atoms with Crippen molar-refractivity contribution in [1.82, 2.24) is 9.78 Å². The lowest BCUT2D eigenvalue weighted by molar-refractivity contribution is 0.103. The maximum atomic E-state index is 13.7. The standard InChI is InChI=1S/C26H30N2O4S/c1-16-9-11-19(12-10-16)33(30,31)32-25-22(15-27-28(25)6)24(29)21-14-17(2)20-8-7-13-26(4,5)23(20)18(21)3/h9-12,14-15H,7-8,13H2,1-6H3. The molecule has 174 valence electrons. The fourth-order valence-corrected chi connectivity index (χ4v) is 5.93. The molecular formula is C26H30N2O4S. The summed E-state index contributed by atoms with van der Waals surface area (Å²) in [4.78, 5) is 13.7. The first-order valence-corrected chi connectivity index (χ1v) is 12.5. The molecule has 0 saturated heterocycles. The largest absolute Gasteiger partial charge is 0.358 e. The Morgan fingerprint density at radius 3 is 2.42 bits per heavy atom. The van der Waals surface area contributed by atoms with Crippen molar-refractivity contribution < 1.29 is 17.4 Å². The minimum Gasteiger partial charge on any atom is -0.358 e. The number of nitrogens with zero attached hydrogens (tertiary/aromatic N) is 2. The van der Waals surface area contributed by atoms with Gasteiger partial charge in [-0.1, -0.05) is 31.5 Å². The number of aromatic nitrogens is 2. The quantitative estimate of drug-likeness (QED) is 0.392. The Hall–Kier alpha value is -2.93. The average Bonchev–Trinajstić information content (AvgIpc) is 3.09. The van der Waals surface area contributed by atoms with Gasteiger partial charge in [-0.3, -0.25) is 4.79 Å². The molecule has 1 aliphatic carbocycles. The highest BCUT2D eigenvalue weighted by Gasteiger charge is 2.33. The number of carbonyl (C=O) groups is 1. The van der Waals surface area contributed by atoms with Crippen LogP contribution in [0.5, 0.6) is 5.88 Å². The summed E-state index contributed by atoms with van der Waals surface area (Å²) in [5.74, 6) is -0.378. The van der Waals surface area contributed by atoms with E-state index in [0.717, 1.165) is 36.0 Å². The van der Waals surface area contributed by atoms with Crippen LogP contribution in [0.4, 0.5) is 0 Å². The molecule has 0 atom stereocenters. The summed E-state index contributed by atoms with van der Waals surface area (Å²) in [5.41, 5.74) is 6.19. The van der Waals surface area contributed by atoms with E-state index in [9.17, 15) is 13.2 Å². The van der Waals surface area contributed by atoms with Crippen molar-refractivity contribution >= 4 is 15.9 Å². The molecule has 0 bridgehead atoms. The summed E-state index contributed by atoms with van der Waals surface area (Å²) in [6, 6.07) is 8.30. The van der Waals surface area contributed by atoms with E-state index in [0.29, 0.717) is 5.56 Å². The van der Waals surface area contributed by atoms with E-state index in [1.165, 1.54) is 34.1 Å². The SMILES string of the molecule is Cc1ccc(S(=O)(=O)Oc2c(C(=O)c3cc(C)c4c(c3C)C(C)(C)CCC4)cnn2C)cc1. The summed E-state index contributed by atoms with van der Waals surface area (Å²) in [6.07, 6.45) is 4.58. The van der Waals surface area contributed by atoms with Gasteiger partial charge in [-0.15, -0.1) is 0 Å². The van der Waals surface area contributed by atoms with Crippen molar-refractivity contribution in [2.75, 3.05) is 0 Å². The molecule has 0 unspecified atom stereocenters. The number of carbonyl (C=O) groups excluding carboxylic acids is 1. The summed E-state index contributed by atoms with van der Waals surface area (Å²) in [6.45, 7) is 10.3.